The molecular weight excluding hydrogens is 679 g/mol. The summed E-state index contributed by atoms with van der Waals surface area (Å²) in [4.78, 5) is 29.4. The fourth-order valence-electron chi connectivity index (χ4n) is 5.15. The molecule has 4 aromatic carbocycles. The Hall–Kier alpha value is -4.55. The van der Waals surface area contributed by atoms with E-state index in [1.807, 2.05) is 0 Å². The normalized spacial score (nSPS) is 12.3. The number of alkyl halides is 3. The molecular formula is C36H37ClF3N3O5S. The zero-order chi connectivity index (χ0) is 35.9. The highest BCUT2D eigenvalue weighted by molar-refractivity contribution is 7.92. The smallest absolute Gasteiger partial charge is 0.417 e. The number of carbonyl (C=O) groups is 2. The summed E-state index contributed by atoms with van der Waals surface area (Å²) in [6.07, 6.45) is -4.84. The number of methoxy groups -OCH3 is 1. The Morgan fingerprint density at radius 2 is 1.55 bits per heavy atom. The minimum atomic E-state index is -4.91. The summed E-state index contributed by atoms with van der Waals surface area (Å²) >= 11 is 5.88. The van der Waals surface area contributed by atoms with E-state index in [1.54, 1.807) is 75.4 Å². The third-order valence-electron chi connectivity index (χ3n) is 7.62. The summed E-state index contributed by atoms with van der Waals surface area (Å²) in [7, 11) is -3.15. The number of hydrogen-bond donors (Lipinski definition) is 1. The van der Waals surface area contributed by atoms with Gasteiger partial charge in [0, 0.05) is 19.0 Å². The molecule has 0 aliphatic rings. The van der Waals surface area contributed by atoms with Gasteiger partial charge in [-0.25, -0.2) is 8.42 Å². The number of ether oxygens (including phenoxy) is 1. The number of rotatable bonds is 13. The Labute approximate surface area is 289 Å². The minimum absolute atomic E-state index is 0.0684. The maximum absolute atomic E-state index is 14.5. The number of nitrogens with one attached hydrogen (secondary N) is 1. The van der Waals surface area contributed by atoms with Gasteiger partial charge in [-0.05, 0) is 74.4 Å². The predicted octanol–water partition coefficient (Wildman–Crippen LogP) is 7.04. The summed E-state index contributed by atoms with van der Waals surface area (Å²) in [5.41, 5.74) is 0.346. The van der Waals surface area contributed by atoms with Crippen LogP contribution in [0.3, 0.4) is 0 Å². The molecule has 0 heterocycles. The standard InChI is InChI=1S/C36H37ClF3N3O5S/c1-24(2)41-35(45)33(20-26-9-6-5-7-10-26)42(22-27-11-8-12-29(19-27)48-4)34(44)23-43(49(46,47)30-16-13-25(3)14-17-30)28-15-18-32(37)31(21-28)36(38,39)40/h5-19,21,24,33H,20,22-23H2,1-4H3,(H,41,45)/t33-/m0/s1. The number of nitrogens with zero attached hydrogens (tertiary/aromatic N) is 2. The zero-order valence-electron chi connectivity index (χ0n) is 27.4. The third kappa shape index (κ3) is 9.54. The first-order valence-corrected chi connectivity index (χ1v) is 17.1. The quantitative estimate of drug-likeness (QED) is 0.160. The molecule has 4 aromatic rings. The van der Waals surface area contributed by atoms with Crippen molar-refractivity contribution >= 4 is 39.1 Å². The number of sulfonamides is 1. The number of anilines is 1. The molecule has 13 heteroatoms. The zero-order valence-corrected chi connectivity index (χ0v) is 28.9. The van der Waals surface area contributed by atoms with Crippen molar-refractivity contribution < 1.29 is 35.9 Å². The van der Waals surface area contributed by atoms with Crippen molar-refractivity contribution in [3.63, 3.8) is 0 Å². The first-order chi connectivity index (χ1) is 23.1. The topological polar surface area (TPSA) is 96.0 Å². The van der Waals surface area contributed by atoms with Gasteiger partial charge >= 0.3 is 6.18 Å². The third-order valence-corrected chi connectivity index (χ3v) is 9.74. The maximum Gasteiger partial charge on any atom is 0.417 e. The molecule has 2 amide bonds. The van der Waals surface area contributed by atoms with Crippen LogP contribution in [0.2, 0.25) is 5.02 Å². The van der Waals surface area contributed by atoms with E-state index in [1.165, 1.54) is 36.3 Å². The van der Waals surface area contributed by atoms with E-state index in [4.69, 9.17) is 16.3 Å². The lowest BCUT2D eigenvalue weighted by Gasteiger charge is -2.34. The summed E-state index contributed by atoms with van der Waals surface area (Å²) in [6.45, 7) is 4.20. The molecule has 260 valence electrons. The molecule has 0 spiro atoms. The van der Waals surface area contributed by atoms with Crippen molar-refractivity contribution in [1.29, 1.82) is 0 Å². The number of hydrogen-bond acceptors (Lipinski definition) is 5. The lowest BCUT2D eigenvalue weighted by Crippen LogP contribution is -2.54. The summed E-state index contributed by atoms with van der Waals surface area (Å²) < 4.78 is 76.2. The number of halogens is 4. The predicted molar refractivity (Wildman–Crippen MR) is 183 cm³/mol. The van der Waals surface area contributed by atoms with Gasteiger partial charge < -0.3 is 15.0 Å². The Kier molecular flexibility index (Phi) is 12.0. The van der Waals surface area contributed by atoms with Crippen LogP contribution in [0.15, 0.2) is 102 Å². The molecule has 0 aromatic heterocycles. The van der Waals surface area contributed by atoms with Crippen LogP contribution in [-0.2, 0) is 38.8 Å². The number of carbonyl (C=O) groups excluding carboxylic acids is 2. The highest BCUT2D eigenvalue weighted by Gasteiger charge is 2.38. The largest absolute Gasteiger partial charge is 0.497 e. The molecule has 4 rings (SSSR count). The van der Waals surface area contributed by atoms with Crippen LogP contribution in [0.1, 0.15) is 36.1 Å². The van der Waals surface area contributed by atoms with Crippen LogP contribution >= 0.6 is 11.6 Å². The van der Waals surface area contributed by atoms with Gasteiger partial charge in [-0.2, -0.15) is 13.2 Å². The summed E-state index contributed by atoms with van der Waals surface area (Å²) in [6, 6.07) is 22.7. The minimum Gasteiger partial charge on any atom is -0.497 e. The average Bonchev–Trinajstić information content (AvgIpc) is 3.05. The molecule has 0 saturated heterocycles. The van der Waals surface area contributed by atoms with Crippen LogP contribution < -0.4 is 14.4 Å². The summed E-state index contributed by atoms with van der Waals surface area (Å²) in [5.74, 6) is -0.837. The van der Waals surface area contributed by atoms with Crippen LogP contribution in [0.5, 0.6) is 5.75 Å². The lowest BCUT2D eigenvalue weighted by atomic mass is 10.0. The fourth-order valence-corrected chi connectivity index (χ4v) is 6.78. The molecule has 1 N–H and O–H groups in total. The highest BCUT2D eigenvalue weighted by atomic mass is 35.5. The van der Waals surface area contributed by atoms with Gasteiger partial charge in [-0.15, -0.1) is 0 Å². The van der Waals surface area contributed by atoms with E-state index in [2.05, 4.69) is 5.32 Å². The molecule has 1 atom stereocenters. The van der Waals surface area contributed by atoms with E-state index < -0.39 is 56.9 Å². The second-order valence-electron chi connectivity index (χ2n) is 11.7. The van der Waals surface area contributed by atoms with Gasteiger partial charge in [-0.1, -0.05) is 71.8 Å². The van der Waals surface area contributed by atoms with Gasteiger partial charge in [0.05, 0.1) is 28.3 Å². The Morgan fingerprint density at radius 1 is 0.898 bits per heavy atom. The fraction of sp³-hybridized carbons (Fsp3) is 0.278. The molecule has 0 unspecified atom stereocenters. The maximum atomic E-state index is 14.5. The molecule has 8 nitrogen and oxygen atoms in total. The van der Waals surface area contributed by atoms with Gasteiger partial charge in [0.2, 0.25) is 11.8 Å². The van der Waals surface area contributed by atoms with E-state index in [-0.39, 0.29) is 23.9 Å². The molecule has 0 saturated carbocycles. The van der Waals surface area contributed by atoms with Gasteiger partial charge in [-0.3, -0.25) is 13.9 Å². The van der Waals surface area contributed by atoms with Crippen molar-refractivity contribution in [2.45, 2.75) is 56.9 Å². The van der Waals surface area contributed by atoms with Crippen molar-refractivity contribution in [3.05, 3.63) is 124 Å². The molecule has 0 aliphatic carbocycles. The second-order valence-corrected chi connectivity index (χ2v) is 14.0. The highest BCUT2D eigenvalue weighted by Crippen LogP contribution is 2.38. The van der Waals surface area contributed by atoms with Crippen molar-refractivity contribution in [1.82, 2.24) is 10.2 Å². The van der Waals surface area contributed by atoms with E-state index in [9.17, 15) is 31.2 Å². The molecule has 0 aliphatic heterocycles. The lowest BCUT2D eigenvalue weighted by molar-refractivity contribution is -0.140. The van der Waals surface area contributed by atoms with Crippen molar-refractivity contribution in [2.75, 3.05) is 18.0 Å². The van der Waals surface area contributed by atoms with Crippen LogP contribution in [0.4, 0.5) is 18.9 Å². The van der Waals surface area contributed by atoms with Crippen LogP contribution in [0, 0.1) is 6.92 Å². The van der Waals surface area contributed by atoms with E-state index in [0.29, 0.717) is 21.7 Å². The van der Waals surface area contributed by atoms with E-state index >= 15 is 0 Å². The van der Waals surface area contributed by atoms with Crippen molar-refractivity contribution in [3.8, 4) is 5.75 Å². The van der Waals surface area contributed by atoms with Gasteiger partial charge in [0.1, 0.15) is 18.3 Å². The van der Waals surface area contributed by atoms with Crippen molar-refractivity contribution in [2.24, 2.45) is 0 Å². The molecule has 49 heavy (non-hydrogen) atoms. The van der Waals surface area contributed by atoms with Crippen LogP contribution in [0.25, 0.3) is 0 Å². The molecule has 0 bridgehead atoms. The molecule has 0 radical (unpaired) electrons. The SMILES string of the molecule is COc1cccc(CN(C(=O)CN(c2ccc(Cl)c(C(F)(F)F)c2)S(=O)(=O)c2ccc(C)cc2)[C@@H](Cc2ccccc2)C(=O)NC(C)C)c1. The van der Waals surface area contributed by atoms with Gasteiger partial charge in [0.25, 0.3) is 10.0 Å². The Morgan fingerprint density at radius 3 is 2.16 bits per heavy atom. The van der Waals surface area contributed by atoms with Gasteiger partial charge in [0.15, 0.2) is 0 Å². The monoisotopic (exact) mass is 715 g/mol. The first-order valence-electron chi connectivity index (χ1n) is 15.3. The first kappa shape index (κ1) is 37.3. The Bertz CT molecular complexity index is 1870. The number of benzene rings is 4. The Balaban J connectivity index is 1.88. The number of amides is 2. The molecule has 0 fully saturated rings. The summed E-state index contributed by atoms with van der Waals surface area (Å²) in [5, 5.41) is 2.22. The second kappa shape index (κ2) is 15.8. The van der Waals surface area contributed by atoms with Crippen LogP contribution in [-0.4, -0.2) is 50.9 Å². The average molecular weight is 716 g/mol. The van der Waals surface area contributed by atoms with E-state index in [0.717, 1.165) is 23.3 Å². The number of aryl methyl sites for hydroxylation is 1.